The number of nitrogens with one attached hydrogen (secondary N) is 1. The van der Waals surface area contributed by atoms with Crippen LogP contribution in [0.4, 0.5) is 0 Å². The van der Waals surface area contributed by atoms with Crippen molar-refractivity contribution in [3.8, 4) is 0 Å². The fraction of sp³-hybridized carbons (Fsp3) is 1.00. The van der Waals surface area contributed by atoms with Gasteiger partial charge in [-0.15, -0.1) is 0 Å². The highest BCUT2D eigenvalue weighted by Gasteiger charge is 2.26. The number of hydrogen-bond donors (Lipinski definition) is 1. The molecule has 2 aliphatic rings. The smallest absolute Gasteiger partial charge is 0.0120 e. The van der Waals surface area contributed by atoms with E-state index in [0.717, 1.165) is 18.6 Å². The van der Waals surface area contributed by atoms with Crippen LogP contribution >= 0.6 is 0 Å². The third kappa shape index (κ3) is 3.19. The van der Waals surface area contributed by atoms with Crippen molar-refractivity contribution in [2.45, 2.75) is 44.7 Å². The second-order valence-electron chi connectivity index (χ2n) is 5.40. The van der Waals surface area contributed by atoms with Gasteiger partial charge in [-0.2, -0.15) is 0 Å². The molecule has 0 unspecified atom stereocenters. The number of rotatable bonds is 3. The highest BCUT2D eigenvalue weighted by molar-refractivity contribution is 4.84. The molecule has 0 atom stereocenters. The molecule has 0 aromatic heterocycles. The highest BCUT2D eigenvalue weighted by atomic mass is 15.2. The van der Waals surface area contributed by atoms with E-state index < -0.39 is 0 Å². The Morgan fingerprint density at radius 2 is 1.62 bits per heavy atom. The zero-order chi connectivity index (χ0) is 11.4. The van der Waals surface area contributed by atoms with Gasteiger partial charge in [0, 0.05) is 12.1 Å². The van der Waals surface area contributed by atoms with E-state index in [2.05, 4.69) is 29.1 Å². The fourth-order valence-corrected chi connectivity index (χ4v) is 3.12. The lowest BCUT2D eigenvalue weighted by Crippen LogP contribution is -2.49. The largest absolute Gasteiger partial charge is 0.314 e. The van der Waals surface area contributed by atoms with Crippen molar-refractivity contribution in [3.63, 3.8) is 0 Å². The van der Waals surface area contributed by atoms with Gasteiger partial charge in [-0.25, -0.2) is 0 Å². The van der Waals surface area contributed by atoms with Crippen LogP contribution in [0.1, 0.15) is 32.6 Å². The van der Waals surface area contributed by atoms with Crippen LogP contribution in [0.2, 0.25) is 0 Å². The van der Waals surface area contributed by atoms with E-state index in [9.17, 15) is 0 Å². The summed E-state index contributed by atoms with van der Waals surface area (Å²) in [5, 5.41) is 3.58. The molecule has 0 saturated carbocycles. The molecule has 3 nitrogen and oxygen atoms in total. The molecule has 94 valence electrons. The minimum Gasteiger partial charge on any atom is -0.314 e. The normalized spacial score (nSPS) is 27.4. The Hall–Kier alpha value is -0.120. The average Bonchev–Trinajstić information content (AvgIpc) is 2.32. The summed E-state index contributed by atoms with van der Waals surface area (Å²) in [6.45, 7) is 8.54. The van der Waals surface area contributed by atoms with Crippen LogP contribution in [-0.4, -0.2) is 61.7 Å². The lowest BCUT2D eigenvalue weighted by molar-refractivity contribution is 0.0926. The molecule has 0 bridgehead atoms. The third-order valence-electron chi connectivity index (χ3n) is 4.23. The molecule has 16 heavy (non-hydrogen) atoms. The Morgan fingerprint density at radius 1 is 1.00 bits per heavy atom. The van der Waals surface area contributed by atoms with E-state index in [1.165, 1.54) is 51.9 Å². The van der Waals surface area contributed by atoms with Crippen molar-refractivity contribution in [2.24, 2.45) is 0 Å². The summed E-state index contributed by atoms with van der Waals surface area (Å²) in [6, 6.07) is 1.66. The first-order valence-electron chi connectivity index (χ1n) is 6.95. The van der Waals surface area contributed by atoms with E-state index in [-0.39, 0.29) is 0 Å². The van der Waals surface area contributed by atoms with Crippen LogP contribution < -0.4 is 5.32 Å². The maximum Gasteiger partial charge on any atom is 0.0120 e. The van der Waals surface area contributed by atoms with Crippen molar-refractivity contribution in [3.05, 3.63) is 0 Å². The van der Waals surface area contributed by atoms with Gasteiger partial charge in [-0.05, 0) is 65.5 Å². The molecule has 2 heterocycles. The first-order valence-corrected chi connectivity index (χ1v) is 6.95. The van der Waals surface area contributed by atoms with E-state index >= 15 is 0 Å². The van der Waals surface area contributed by atoms with Gasteiger partial charge in [-0.3, -0.25) is 0 Å². The number of hydrogen-bond acceptors (Lipinski definition) is 3. The first-order chi connectivity index (χ1) is 7.79. The van der Waals surface area contributed by atoms with E-state index in [4.69, 9.17) is 0 Å². The molecular formula is C13H27N3. The summed E-state index contributed by atoms with van der Waals surface area (Å²) in [5.74, 6) is 0. The molecule has 3 heteroatoms. The van der Waals surface area contributed by atoms with E-state index in [1.807, 2.05) is 0 Å². The first kappa shape index (κ1) is 12.3. The lowest BCUT2D eigenvalue weighted by Gasteiger charge is -2.41. The van der Waals surface area contributed by atoms with Crippen LogP contribution in [-0.2, 0) is 0 Å². The van der Waals surface area contributed by atoms with E-state index in [1.54, 1.807) is 0 Å². The van der Waals surface area contributed by atoms with Gasteiger partial charge in [0.05, 0.1) is 0 Å². The topological polar surface area (TPSA) is 18.5 Å². The van der Waals surface area contributed by atoms with Crippen molar-refractivity contribution < 1.29 is 0 Å². The zero-order valence-electron chi connectivity index (χ0n) is 10.9. The van der Waals surface area contributed by atoms with Crippen molar-refractivity contribution in [1.29, 1.82) is 0 Å². The molecule has 0 radical (unpaired) electrons. The number of nitrogens with zero attached hydrogens (tertiary/aromatic N) is 2. The lowest BCUT2D eigenvalue weighted by atomic mass is 9.98. The molecule has 2 rings (SSSR count). The van der Waals surface area contributed by atoms with Gasteiger partial charge in [-0.1, -0.05) is 6.92 Å². The number of piperidine rings is 2. The average molecular weight is 225 g/mol. The van der Waals surface area contributed by atoms with Gasteiger partial charge in [0.1, 0.15) is 0 Å². The minimum absolute atomic E-state index is 0.785. The molecule has 0 aromatic rings. The monoisotopic (exact) mass is 225 g/mol. The Labute approximate surface area is 100 Å². The van der Waals surface area contributed by atoms with Gasteiger partial charge in [0.2, 0.25) is 0 Å². The predicted molar refractivity (Wildman–Crippen MR) is 68.8 cm³/mol. The molecule has 0 spiro atoms. The Bertz CT molecular complexity index is 191. The molecule has 0 amide bonds. The van der Waals surface area contributed by atoms with Crippen molar-refractivity contribution >= 4 is 0 Å². The van der Waals surface area contributed by atoms with E-state index in [0.29, 0.717) is 0 Å². The molecule has 0 aromatic carbocycles. The second kappa shape index (κ2) is 5.99. The van der Waals surface area contributed by atoms with Crippen LogP contribution in [0.3, 0.4) is 0 Å². The SMILES string of the molecule is CCNC1CCN(C2CCN(C)CC2)CC1. The molecule has 1 N–H and O–H groups in total. The zero-order valence-corrected chi connectivity index (χ0v) is 10.9. The second-order valence-corrected chi connectivity index (χ2v) is 5.40. The van der Waals surface area contributed by atoms with Crippen LogP contribution in [0, 0.1) is 0 Å². The quantitative estimate of drug-likeness (QED) is 0.777. The van der Waals surface area contributed by atoms with Crippen LogP contribution in [0.15, 0.2) is 0 Å². The minimum atomic E-state index is 0.785. The Kier molecular flexibility index (Phi) is 4.62. The summed E-state index contributed by atoms with van der Waals surface area (Å²) in [7, 11) is 2.24. The van der Waals surface area contributed by atoms with Gasteiger partial charge < -0.3 is 15.1 Å². The molecule has 2 aliphatic heterocycles. The molecule has 0 aliphatic carbocycles. The molecule has 2 fully saturated rings. The van der Waals surface area contributed by atoms with Crippen LogP contribution in [0.5, 0.6) is 0 Å². The fourth-order valence-electron chi connectivity index (χ4n) is 3.12. The standard InChI is InChI=1S/C13H27N3/c1-3-14-12-4-10-16(11-5-12)13-6-8-15(2)9-7-13/h12-14H,3-11H2,1-2H3. The highest BCUT2D eigenvalue weighted by Crippen LogP contribution is 2.20. The maximum absolute atomic E-state index is 3.58. The van der Waals surface area contributed by atoms with Crippen molar-refractivity contribution in [2.75, 3.05) is 39.8 Å². The summed E-state index contributed by atoms with van der Waals surface area (Å²) >= 11 is 0. The Balaban J connectivity index is 1.72. The summed E-state index contributed by atoms with van der Waals surface area (Å²) < 4.78 is 0. The maximum atomic E-state index is 3.58. The Morgan fingerprint density at radius 3 is 2.19 bits per heavy atom. The predicted octanol–water partition coefficient (Wildman–Crippen LogP) is 1.15. The van der Waals surface area contributed by atoms with Crippen LogP contribution in [0.25, 0.3) is 0 Å². The molecule has 2 saturated heterocycles. The molecular weight excluding hydrogens is 198 g/mol. The van der Waals surface area contributed by atoms with Gasteiger partial charge >= 0.3 is 0 Å². The van der Waals surface area contributed by atoms with Gasteiger partial charge in [0.25, 0.3) is 0 Å². The summed E-state index contributed by atoms with van der Waals surface area (Å²) in [4.78, 5) is 5.20. The number of likely N-dealkylation sites (tertiary alicyclic amines) is 2. The third-order valence-corrected chi connectivity index (χ3v) is 4.23. The van der Waals surface area contributed by atoms with Crippen molar-refractivity contribution in [1.82, 2.24) is 15.1 Å². The summed E-state index contributed by atoms with van der Waals surface area (Å²) in [6.07, 6.45) is 5.45. The summed E-state index contributed by atoms with van der Waals surface area (Å²) in [5.41, 5.74) is 0. The van der Waals surface area contributed by atoms with Gasteiger partial charge in [0.15, 0.2) is 0 Å².